The molecule has 18 heavy (non-hydrogen) atoms. The van der Waals surface area contributed by atoms with E-state index in [1.165, 1.54) is 0 Å². The highest BCUT2D eigenvalue weighted by atomic mass is 31.2. The van der Waals surface area contributed by atoms with Crippen molar-refractivity contribution in [3.8, 4) is 0 Å². The van der Waals surface area contributed by atoms with E-state index in [2.05, 4.69) is 13.0 Å². The maximum atomic E-state index is 12.6. The van der Waals surface area contributed by atoms with Gasteiger partial charge in [-0.05, 0) is 38.3 Å². The van der Waals surface area contributed by atoms with Gasteiger partial charge < -0.3 is 13.8 Å². The van der Waals surface area contributed by atoms with Crippen molar-refractivity contribution in [3.05, 3.63) is 23.7 Å². The molecule has 1 heterocycles. The molecule has 0 radical (unpaired) electrons. The first-order valence-corrected chi connectivity index (χ1v) is 8.09. The highest BCUT2D eigenvalue weighted by Gasteiger charge is 2.41. The zero-order chi connectivity index (χ0) is 13.2. The van der Waals surface area contributed by atoms with Crippen LogP contribution < -0.4 is 0 Å². The normalized spacial score (nSPS) is 30.8. The van der Waals surface area contributed by atoms with Crippen LogP contribution in [0.2, 0.25) is 0 Å². The van der Waals surface area contributed by atoms with Crippen molar-refractivity contribution >= 4 is 7.60 Å². The van der Waals surface area contributed by atoms with Gasteiger partial charge in [-0.25, -0.2) is 0 Å². The standard InChI is InChI=1S/C13H21O4P/c1-4-15-18(14,16-5-2)13-9-10(3)11-7-6-8-12(11)17-13/h6,8-12H,4-5,7H2,1-3H3/t10-,11-,12+/m0/s1. The van der Waals surface area contributed by atoms with Crippen molar-refractivity contribution in [1.29, 1.82) is 0 Å². The molecule has 3 atom stereocenters. The summed E-state index contributed by atoms with van der Waals surface area (Å²) in [6.07, 6.45) is 7.09. The van der Waals surface area contributed by atoms with Gasteiger partial charge in [0.25, 0.3) is 0 Å². The second-order valence-corrected chi connectivity index (χ2v) is 6.56. The van der Waals surface area contributed by atoms with Crippen LogP contribution in [-0.2, 0) is 18.3 Å². The quantitative estimate of drug-likeness (QED) is 0.565. The fourth-order valence-electron chi connectivity index (χ4n) is 2.47. The van der Waals surface area contributed by atoms with E-state index in [-0.39, 0.29) is 6.10 Å². The molecule has 0 aromatic carbocycles. The molecule has 1 aliphatic carbocycles. The third kappa shape index (κ3) is 2.56. The summed E-state index contributed by atoms with van der Waals surface area (Å²) in [4.78, 5) is 0. The van der Waals surface area contributed by atoms with Gasteiger partial charge in [0.05, 0.1) is 13.2 Å². The Morgan fingerprint density at radius 3 is 2.67 bits per heavy atom. The molecular formula is C13H21O4P. The highest BCUT2D eigenvalue weighted by molar-refractivity contribution is 7.58. The Morgan fingerprint density at radius 2 is 2.06 bits per heavy atom. The van der Waals surface area contributed by atoms with Crippen molar-refractivity contribution in [1.82, 2.24) is 0 Å². The lowest BCUT2D eigenvalue weighted by Gasteiger charge is -2.33. The number of rotatable bonds is 5. The van der Waals surface area contributed by atoms with Gasteiger partial charge in [-0.2, -0.15) is 0 Å². The summed E-state index contributed by atoms with van der Waals surface area (Å²) in [5, 5.41) is 0. The van der Waals surface area contributed by atoms with Crippen molar-refractivity contribution in [3.63, 3.8) is 0 Å². The van der Waals surface area contributed by atoms with Gasteiger partial charge in [-0.3, -0.25) is 4.57 Å². The summed E-state index contributed by atoms with van der Waals surface area (Å²) in [6.45, 7) is 6.41. The Morgan fingerprint density at radius 1 is 1.39 bits per heavy atom. The summed E-state index contributed by atoms with van der Waals surface area (Å²) in [5.74, 6) is 0.772. The molecule has 0 spiro atoms. The first-order chi connectivity index (χ1) is 8.60. The third-order valence-electron chi connectivity index (χ3n) is 3.36. The van der Waals surface area contributed by atoms with Crippen LogP contribution in [0.25, 0.3) is 0 Å². The molecule has 0 unspecified atom stereocenters. The number of fused-ring (bicyclic) bond motifs is 1. The molecule has 0 bridgehead atoms. The predicted molar refractivity (Wildman–Crippen MR) is 70.2 cm³/mol. The molecule has 0 aromatic rings. The van der Waals surface area contributed by atoms with Gasteiger partial charge in [0.2, 0.25) is 5.50 Å². The molecule has 0 saturated carbocycles. The van der Waals surface area contributed by atoms with E-state index in [1.807, 2.05) is 12.2 Å². The lowest BCUT2D eigenvalue weighted by molar-refractivity contribution is 0.0753. The molecule has 0 fully saturated rings. The van der Waals surface area contributed by atoms with E-state index in [0.717, 1.165) is 6.42 Å². The molecule has 102 valence electrons. The minimum absolute atomic E-state index is 0.00855. The molecule has 4 nitrogen and oxygen atoms in total. The van der Waals surface area contributed by atoms with Crippen molar-refractivity contribution in [2.24, 2.45) is 11.8 Å². The molecule has 0 saturated heterocycles. The predicted octanol–water partition coefficient (Wildman–Crippen LogP) is 3.70. The second kappa shape index (κ2) is 5.60. The van der Waals surface area contributed by atoms with Crippen LogP contribution in [0, 0.1) is 11.8 Å². The molecule has 1 aliphatic heterocycles. The summed E-state index contributed by atoms with van der Waals surface area (Å²) in [7, 11) is -3.28. The molecule has 0 aromatic heterocycles. The lowest BCUT2D eigenvalue weighted by atomic mass is 9.89. The number of ether oxygens (including phenoxy) is 1. The zero-order valence-corrected chi connectivity index (χ0v) is 12.1. The fourth-order valence-corrected chi connectivity index (χ4v) is 4.15. The molecule has 0 N–H and O–H groups in total. The second-order valence-electron chi connectivity index (χ2n) is 4.61. The number of hydrogen-bond acceptors (Lipinski definition) is 4. The van der Waals surface area contributed by atoms with E-state index < -0.39 is 7.60 Å². The molecule has 2 rings (SSSR count). The summed E-state index contributed by atoms with van der Waals surface area (Å²) in [6, 6.07) is 0. The Bertz CT molecular complexity index is 392. The SMILES string of the molecule is CCOP(=O)(OCC)C1=C[C@H](C)[C@@H]2CC=C[C@H]2O1. The van der Waals surface area contributed by atoms with Crippen LogP contribution in [0.4, 0.5) is 0 Å². The number of hydrogen-bond donors (Lipinski definition) is 0. The molecular weight excluding hydrogens is 251 g/mol. The monoisotopic (exact) mass is 272 g/mol. The minimum atomic E-state index is -3.28. The lowest BCUT2D eigenvalue weighted by Crippen LogP contribution is -2.28. The fraction of sp³-hybridized carbons (Fsp3) is 0.692. The molecule has 0 amide bonds. The molecule has 5 heteroatoms. The Kier molecular flexibility index (Phi) is 4.31. The van der Waals surface area contributed by atoms with Crippen molar-refractivity contribution in [2.75, 3.05) is 13.2 Å². The van der Waals surface area contributed by atoms with E-state index >= 15 is 0 Å². The Hall–Kier alpha value is -0.570. The maximum absolute atomic E-state index is 12.6. The maximum Gasteiger partial charge on any atom is 0.395 e. The average Bonchev–Trinajstić information content (AvgIpc) is 2.78. The minimum Gasteiger partial charge on any atom is -0.478 e. The highest BCUT2D eigenvalue weighted by Crippen LogP contribution is 2.59. The molecule has 2 aliphatic rings. The van der Waals surface area contributed by atoms with Crippen LogP contribution in [0.5, 0.6) is 0 Å². The Labute approximate surface area is 109 Å². The van der Waals surface area contributed by atoms with Crippen molar-refractivity contribution in [2.45, 2.75) is 33.3 Å². The van der Waals surface area contributed by atoms with Crippen LogP contribution in [0.3, 0.4) is 0 Å². The topological polar surface area (TPSA) is 44.8 Å². The van der Waals surface area contributed by atoms with Crippen LogP contribution >= 0.6 is 7.60 Å². The summed E-state index contributed by atoms with van der Waals surface area (Å²) >= 11 is 0. The van der Waals surface area contributed by atoms with E-state index in [4.69, 9.17) is 13.8 Å². The van der Waals surface area contributed by atoms with Gasteiger partial charge in [-0.15, -0.1) is 0 Å². The van der Waals surface area contributed by atoms with Gasteiger partial charge in [0.1, 0.15) is 6.10 Å². The zero-order valence-electron chi connectivity index (χ0n) is 11.2. The van der Waals surface area contributed by atoms with Crippen LogP contribution in [0.1, 0.15) is 27.2 Å². The van der Waals surface area contributed by atoms with Crippen molar-refractivity contribution < 1.29 is 18.3 Å². The number of allylic oxidation sites excluding steroid dienone is 2. The van der Waals surface area contributed by atoms with Crippen LogP contribution in [-0.4, -0.2) is 19.3 Å². The third-order valence-corrected chi connectivity index (χ3v) is 5.35. The van der Waals surface area contributed by atoms with E-state index in [1.54, 1.807) is 13.8 Å². The largest absolute Gasteiger partial charge is 0.478 e. The van der Waals surface area contributed by atoms with Gasteiger partial charge >= 0.3 is 7.60 Å². The van der Waals surface area contributed by atoms with E-state index in [9.17, 15) is 4.57 Å². The Balaban J connectivity index is 2.23. The van der Waals surface area contributed by atoms with Gasteiger partial charge in [-0.1, -0.05) is 13.0 Å². The van der Waals surface area contributed by atoms with Gasteiger partial charge in [0.15, 0.2) is 0 Å². The van der Waals surface area contributed by atoms with Gasteiger partial charge in [0, 0.05) is 5.92 Å². The average molecular weight is 272 g/mol. The van der Waals surface area contributed by atoms with Crippen LogP contribution in [0.15, 0.2) is 23.7 Å². The first-order valence-electron chi connectivity index (χ1n) is 6.55. The summed E-state index contributed by atoms with van der Waals surface area (Å²) < 4.78 is 29.1. The summed E-state index contributed by atoms with van der Waals surface area (Å²) in [5.41, 5.74) is 0.381. The smallest absolute Gasteiger partial charge is 0.395 e. The first kappa shape index (κ1) is 13.9. The van der Waals surface area contributed by atoms with E-state index in [0.29, 0.717) is 30.5 Å².